The number of rotatable bonds is 6. The highest BCUT2D eigenvalue weighted by molar-refractivity contribution is 6.00. The summed E-state index contributed by atoms with van der Waals surface area (Å²) in [6.07, 6.45) is 1.28. The molecule has 2 saturated heterocycles. The molecular formula is C27H33N5O5. The van der Waals surface area contributed by atoms with Crippen molar-refractivity contribution in [3.63, 3.8) is 0 Å². The van der Waals surface area contributed by atoms with E-state index in [4.69, 9.17) is 4.74 Å². The molecule has 2 aromatic carbocycles. The highest BCUT2D eigenvalue weighted by Crippen LogP contribution is 2.20. The van der Waals surface area contributed by atoms with Gasteiger partial charge < -0.3 is 30.1 Å². The topological polar surface area (TPSA) is 111 Å². The van der Waals surface area contributed by atoms with Gasteiger partial charge in [0.05, 0.1) is 13.7 Å². The van der Waals surface area contributed by atoms with E-state index in [0.29, 0.717) is 29.8 Å². The summed E-state index contributed by atoms with van der Waals surface area (Å²) in [7, 11) is 5.39. The van der Waals surface area contributed by atoms with Crippen LogP contribution in [0.25, 0.3) is 0 Å². The second kappa shape index (κ2) is 11.3. The van der Waals surface area contributed by atoms with Crippen molar-refractivity contribution in [3.05, 3.63) is 59.7 Å². The summed E-state index contributed by atoms with van der Waals surface area (Å²) in [5.41, 5.74) is 1.88. The van der Waals surface area contributed by atoms with Gasteiger partial charge in [0.2, 0.25) is 11.8 Å². The average molecular weight is 508 g/mol. The monoisotopic (exact) mass is 507 g/mol. The summed E-state index contributed by atoms with van der Waals surface area (Å²) in [6, 6.07) is 12.3. The summed E-state index contributed by atoms with van der Waals surface area (Å²) < 4.78 is 5.18. The molecule has 2 aliphatic rings. The first kappa shape index (κ1) is 26.0. The molecule has 10 heteroatoms. The second-order valence-corrected chi connectivity index (χ2v) is 9.43. The van der Waals surface area contributed by atoms with Crippen molar-refractivity contribution >= 4 is 29.3 Å². The molecule has 2 aliphatic heterocycles. The fourth-order valence-electron chi connectivity index (χ4n) is 4.60. The number of hydrogen-bond acceptors (Lipinski definition) is 6. The molecule has 10 nitrogen and oxygen atoms in total. The molecule has 2 heterocycles. The summed E-state index contributed by atoms with van der Waals surface area (Å²) in [6.45, 7) is 1.06. The van der Waals surface area contributed by atoms with Gasteiger partial charge in [-0.05, 0) is 61.4 Å². The Balaban J connectivity index is 1.55. The van der Waals surface area contributed by atoms with Crippen molar-refractivity contribution in [2.75, 3.05) is 52.3 Å². The number of piperidine rings is 1. The van der Waals surface area contributed by atoms with Crippen LogP contribution in [-0.2, 0) is 9.59 Å². The van der Waals surface area contributed by atoms with Crippen molar-refractivity contribution < 1.29 is 23.9 Å². The van der Waals surface area contributed by atoms with Crippen molar-refractivity contribution in [1.29, 1.82) is 0 Å². The normalized spacial score (nSPS) is 19.6. The van der Waals surface area contributed by atoms with Gasteiger partial charge in [0, 0.05) is 50.5 Å². The molecule has 4 rings (SSSR count). The van der Waals surface area contributed by atoms with E-state index < -0.39 is 18.0 Å². The van der Waals surface area contributed by atoms with Gasteiger partial charge in [-0.25, -0.2) is 0 Å². The smallest absolute Gasteiger partial charge is 0.254 e. The molecule has 37 heavy (non-hydrogen) atoms. The summed E-state index contributed by atoms with van der Waals surface area (Å²) >= 11 is 0. The lowest BCUT2D eigenvalue weighted by atomic mass is 10.0. The highest BCUT2D eigenvalue weighted by atomic mass is 16.5. The molecule has 0 bridgehead atoms. The SMILES string of the molecule is COc1ccc(C(=O)N2CCN(C(=O)c3ccc(N(C)C)cc3)CC2C(=O)NC2CCCNC2=O)cc1. The highest BCUT2D eigenvalue weighted by Gasteiger charge is 2.39. The van der Waals surface area contributed by atoms with Crippen LogP contribution in [0.1, 0.15) is 33.6 Å². The molecular weight excluding hydrogens is 474 g/mol. The zero-order valence-corrected chi connectivity index (χ0v) is 21.4. The standard InChI is InChI=1S/C27H33N5O5/c1-30(2)20-10-6-18(7-11-20)26(35)31-15-16-32(27(36)19-8-12-21(37-3)13-9-19)23(17-31)25(34)29-22-5-4-14-28-24(22)33/h6-13,22-23H,4-5,14-17H2,1-3H3,(H,28,33)(H,29,34). The van der Waals surface area contributed by atoms with Crippen LogP contribution in [0.2, 0.25) is 0 Å². The minimum absolute atomic E-state index is 0.0241. The van der Waals surface area contributed by atoms with E-state index in [0.717, 1.165) is 12.1 Å². The largest absolute Gasteiger partial charge is 0.497 e. The number of methoxy groups -OCH3 is 1. The minimum atomic E-state index is -0.942. The Morgan fingerprint density at radius 2 is 1.62 bits per heavy atom. The van der Waals surface area contributed by atoms with E-state index >= 15 is 0 Å². The van der Waals surface area contributed by atoms with Crippen LogP contribution < -0.4 is 20.3 Å². The van der Waals surface area contributed by atoms with Gasteiger partial charge in [0.15, 0.2) is 0 Å². The minimum Gasteiger partial charge on any atom is -0.497 e. The van der Waals surface area contributed by atoms with Gasteiger partial charge in [0.25, 0.3) is 11.8 Å². The van der Waals surface area contributed by atoms with E-state index in [1.165, 1.54) is 4.90 Å². The van der Waals surface area contributed by atoms with Gasteiger partial charge >= 0.3 is 0 Å². The number of hydrogen-bond donors (Lipinski definition) is 2. The Hall–Kier alpha value is -4.08. The third-order valence-corrected chi connectivity index (χ3v) is 6.80. The maximum Gasteiger partial charge on any atom is 0.254 e. The van der Waals surface area contributed by atoms with Gasteiger partial charge in [-0.3, -0.25) is 19.2 Å². The Bertz CT molecular complexity index is 1150. The molecule has 0 aliphatic carbocycles. The zero-order valence-electron chi connectivity index (χ0n) is 21.4. The maximum atomic E-state index is 13.4. The summed E-state index contributed by atoms with van der Waals surface area (Å²) in [4.78, 5) is 57.5. The third-order valence-electron chi connectivity index (χ3n) is 6.80. The summed E-state index contributed by atoms with van der Waals surface area (Å²) in [5.74, 6) is -0.611. The number of piperazine rings is 1. The van der Waals surface area contributed by atoms with Crippen molar-refractivity contribution in [2.24, 2.45) is 0 Å². The number of nitrogens with zero attached hydrogens (tertiary/aromatic N) is 3. The zero-order chi connectivity index (χ0) is 26.5. The molecule has 0 aromatic heterocycles. The van der Waals surface area contributed by atoms with Crippen LogP contribution in [0, 0.1) is 0 Å². The third kappa shape index (κ3) is 5.84. The van der Waals surface area contributed by atoms with Crippen LogP contribution in [0.15, 0.2) is 48.5 Å². The van der Waals surface area contributed by atoms with Crippen molar-refractivity contribution in [3.8, 4) is 5.75 Å². The molecule has 2 aromatic rings. The molecule has 2 N–H and O–H groups in total. The number of anilines is 1. The maximum absolute atomic E-state index is 13.4. The molecule has 2 fully saturated rings. The van der Waals surface area contributed by atoms with E-state index in [-0.39, 0.29) is 37.4 Å². The molecule has 196 valence electrons. The fraction of sp³-hybridized carbons (Fsp3) is 0.407. The predicted octanol–water partition coefficient (Wildman–Crippen LogP) is 1.12. The molecule has 0 saturated carbocycles. The van der Waals surface area contributed by atoms with Crippen molar-refractivity contribution in [2.45, 2.75) is 24.9 Å². The van der Waals surface area contributed by atoms with Crippen LogP contribution in [0.3, 0.4) is 0 Å². The molecule has 2 unspecified atom stereocenters. The van der Waals surface area contributed by atoms with Crippen LogP contribution >= 0.6 is 0 Å². The van der Waals surface area contributed by atoms with Crippen LogP contribution in [-0.4, -0.2) is 92.9 Å². The second-order valence-electron chi connectivity index (χ2n) is 9.43. The number of amides is 4. The van der Waals surface area contributed by atoms with E-state index in [1.807, 2.05) is 31.1 Å². The first-order valence-electron chi connectivity index (χ1n) is 12.4. The Morgan fingerprint density at radius 3 is 2.24 bits per heavy atom. The number of carbonyl (C=O) groups excluding carboxylic acids is 4. The first-order valence-corrected chi connectivity index (χ1v) is 12.4. The lowest BCUT2D eigenvalue weighted by Crippen LogP contribution is -2.63. The first-order chi connectivity index (χ1) is 17.8. The Kier molecular flexibility index (Phi) is 7.95. The lowest BCUT2D eigenvalue weighted by Gasteiger charge is -2.41. The Morgan fingerprint density at radius 1 is 0.973 bits per heavy atom. The van der Waals surface area contributed by atoms with Gasteiger partial charge in [0.1, 0.15) is 17.8 Å². The number of ether oxygens (including phenoxy) is 1. The van der Waals surface area contributed by atoms with E-state index in [2.05, 4.69) is 10.6 Å². The predicted molar refractivity (Wildman–Crippen MR) is 139 cm³/mol. The molecule has 2 atom stereocenters. The molecule has 0 radical (unpaired) electrons. The van der Waals surface area contributed by atoms with Gasteiger partial charge in [-0.15, -0.1) is 0 Å². The Labute approximate surface area is 216 Å². The fourth-order valence-corrected chi connectivity index (χ4v) is 4.60. The lowest BCUT2D eigenvalue weighted by molar-refractivity contribution is -0.133. The van der Waals surface area contributed by atoms with Gasteiger partial charge in [-0.1, -0.05) is 0 Å². The van der Waals surface area contributed by atoms with Crippen molar-refractivity contribution in [1.82, 2.24) is 20.4 Å². The van der Waals surface area contributed by atoms with Crippen LogP contribution in [0.5, 0.6) is 5.75 Å². The van der Waals surface area contributed by atoms with E-state index in [9.17, 15) is 19.2 Å². The quantitative estimate of drug-likeness (QED) is 0.606. The number of nitrogens with one attached hydrogen (secondary N) is 2. The van der Waals surface area contributed by atoms with Crippen LogP contribution in [0.4, 0.5) is 5.69 Å². The van der Waals surface area contributed by atoms with E-state index in [1.54, 1.807) is 48.4 Å². The molecule has 0 spiro atoms. The average Bonchev–Trinajstić information content (AvgIpc) is 2.93. The van der Waals surface area contributed by atoms with Gasteiger partial charge in [-0.2, -0.15) is 0 Å². The number of benzene rings is 2. The summed E-state index contributed by atoms with van der Waals surface area (Å²) in [5, 5.41) is 5.56. The number of carbonyl (C=O) groups is 4. The molecule has 4 amide bonds.